The second kappa shape index (κ2) is 6.70. The van der Waals surface area contributed by atoms with Crippen LogP contribution >= 0.6 is 0 Å². The van der Waals surface area contributed by atoms with E-state index in [1.165, 1.54) is 6.20 Å². The normalized spacial score (nSPS) is 13.4. The van der Waals surface area contributed by atoms with Gasteiger partial charge in [-0.2, -0.15) is 0 Å². The van der Waals surface area contributed by atoms with Gasteiger partial charge >= 0.3 is 0 Å². The van der Waals surface area contributed by atoms with Crippen molar-refractivity contribution in [3.8, 4) is 5.88 Å². The summed E-state index contributed by atoms with van der Waals surface area (Å²) in [4.78, 5) is 4.05. The van der Waals surface area contributed by atoms with Crippen molar-refractivity contribution in [3.05, 3.63) is 23.9 Å². The summed E-state index contributed by atoms with van der Waals surface area (Å²) in [6.45, 7) is 5.00. The first-order chi connectivity index (χ1) is 8.17. The van der Waals surface area contributed by atoms with Crippen molar-refractivity contribution in [2.24, 2.45) is 10.9 Å². The Kier molecular flexibility index (Phi) is 5.22. The summed E-state index contributed by atoms with van der Waals surface area (Å²) in [5.41, 5.74) is 5.95. The molecule has 1 aromatic heterocycles. The minimum atomic E-state index is -0.0721. The van der Waals surface area contributed by atoms with E-state index in [0.717, 1.165) is 0 Å². The zero-order valence-corrected chi connectivity index (χ0v) is 9.96. The molecular formula is C11H17N3O3. The van der Waals surface area contributed by atoms with Gasteiger partial charge in [0, 0.05) is 24.4 Å². The Labute approximate surface area is 100 Å². The number of pyridine rings is 1. The molecule has 6 heteroatoms. The molecule has 0 aromatic carbocycles. The number of hydrogen-bond donors (Lipinski definition) is 2. The van der Waals surface area contributed by atoms with E-state index in [2.05, 4.69) is 10.1 Å². The first-order valence-corrected chi connectivity index (χ1v) is 5.35. The molecule has 0 saturated carbocycles. The number of ether oxygens (including phenoxy) is 2. The molecule has 0 fully saturated rings. The number of rotatable bonds is 6. The van der Waals surface area contributed by atoms with E-state index in [9.17, 15) is 0 Å². The van der Waals surface area contributed by atoms with E-state index < -0.39 is 0 Å². The lowest BCUT2D eigenvalue weighted by molar-refractivity contribution is 0.0633. The predicted molar refractivity (Wildman–Crippen MR) is 63.3 cm³/mol. The van der Waals surface area contributed by atoms with Gasteiger partial charge in [0.2, 0.25) is 5.88 Å². The van der Waals surface area contributed by atoms with Gasteiger partial charge in [-0.25, -0.2) is 4.98 Å². The Balaban J connectivity index is 2.56. The monoisotopic (exact) mass is 239 g/mol. The van der Waals surface area contributed by atoms with Crippen LogP contribution in [0, 0.1) is 0 Å². The fourth-order valence-corrected chi connectivity index (χ4v) is 1.18. The van der Waals surface area contributed by atoms with Crippen LogP contribution in [0.5, 0.6) is 5.88 Å². The van der Waals surface area contributed by atoms with E-state index in [-0.39, 0.29) is 11.9 Å². The zero-order chi connectivity index (χ0) is 12.7. The highest BCUT2D eigenvalue weighted by atomic mass is 16.5. The van der Waals surface area contributed by atoms with Crippen LogP contribution in [0.15, 0.2) is 23.5 Å². The molecule has 0 spiro atoms. The second-order valence-corrected chi connectivity index (χ2v) is 3.46. The Bertz CT molecular complexity index is 365. The van der Waals surface area contributed by atoms with Gasteiger partial charge in [0.15, 0.2) is 5.84 Å². The minimum absolute atomic E-state index is 0.0198. The molecule has 1 heterocycles. The van der Waals surface area contributed by atoms with Crippen LogP contribution in [0.1, 0.15) is 19.4 Å². The molecular weight excluding hydrogens is 222 g/mol. The number of hydrogen-bond acceptors (Lipinski definition) is 5. The summed E-state index contributed by atoms with van der Waals surface area (Å²) in [7, 11) is 0. The Morgan fingerprint density at radius 2 is 2.35 bits per heavy atom. The summed E-state index contributed by atoms with van der Waals surface area (Å²) >= 11 is 0. The number of oxime groups is 1. The maximum absolute atomic E-state index is 8.49. The third-order valence-electron chi connectivity index (χ3n) is 2.02. The first kappa shape index (κ1) is 13.2. The highest BCUT2D eigenvalue weighted by molar-refractivity contribution is 5.96. The quantitative estimate of drug-likeness (QED) is 0.334. The summed E-state index contributed by atoms with van der Waals surface area (Å²) in [5, 5.41) is 11.4. The summed E-state index contributed by atoms with van der Waals surface area (Å²) in [6.07, 6.45) is 1.41. The average Bonchev–Trinajstić information content (AvgIpc) is 2.36. The van der Waals surface area contributed by atoms with Gasteiger partial charge in [-0.1, -0.05) is 5.16 Å². The van der Waals surface area contributed by atoms with Gasteiger partial charge in [0.1, 0.15) is 6.10 Å². The van der Waals surface area contributed by atoms with Crippen LogP contribution in [0.3, 0.4) is 0 Å². The molecule has 0 bridgehead atoms. The SMILES string of the molecule is CCOCC(C)Oc1ccc(/C(N)=N/O)cn1. The third kappa shape index (κ3) is 4.28. The average molecular weight is 239 g/mol. The van der Waals surface area contributed by atoms with E-state index in [0.29, 0.717) is 24.7 Å². The number of nitrogens with zero attached hydrogens (tertiary/aromatic N) is 2. The minimum Gasteiger partial charge on any atom is -0.472 e. The molecule has 1 unspecified atom stereocenters. The summed E-state index contributed by atoms with van der Waals surface area (Å²) in [6, 6.07) is 3.33. The van der Waals surface area contributed by atoms with Crippen LogP contribution in [0.4, 0.5) is 0 Å². The van der Waals surface area contributed by atoms with E-state index in [4.69, 9.17) is 20.4 Å². The molecule has 1 rings (SSSR count). The maximum Gasteiger partial charge on any atom is 0.213 e. The molecule has 94 valence electrons. The lowest BCUT2D eigenvalue weighted by Gasteiger charge is -2.13. The standard InChI is InChI=1S/C11H17N3O3/c1-3-16-7-8(2)17-10-5-4-9(6-13-10)11(12)14-15/h4-6,8,15H,3,7H2,1-2H3,(H2,12,14). The van der Waals surface area contributed by atoms with Crippen molar-refractivity contribution in [1.82, 2.24) is 4.98 Å². The molecule has 1 aromatic rings. The third-order valence-corrected chi connectivity index (χ3v) is 2.02. The number of nitrogens with two attached hydrogens (primary N) is 1. The molecule has 3 N–H and O–H groups in total. The molecule has 0 aliphatic heterocycles. The highest BCUT2D eigenvalue weighted by Gasteiger charge is 2.06. The van der Waals surface area contributed by atoms with Crippen LogP contribution in [-0.2, 0) is 4.74 Å². The van der Waals surface area contributed by atoms with Crippen LogP contribution in [-0.4, -0.2) is 35.3 Å². The Hall–Kier alpha value is -1.82. The van der Waals surface area contributed by atoms with Crippen molar-refractivity contribution in [3.63, 3.8) is 0 Å². The lowest BCUT2D eigenvalue weighted by Crippen LogP contribution is -2.20. The topological polar surface area (TPSA) is 90.0 Å². The molecule has 0 amide bonds. The van der Waals surface area contributed by atoms with Gasteiger partial charge in [0.25, 0.3) is 0 Å². The predicted octanol–water partition coefficient (Wildman–Crippen LogP) is 0.980. The Morgan fingerprint density at radius 1 is 1.59 bits per heavy atom. The molecule has 0 aliphatic rings. The van der Waals surface area contributed by atoms with Crippen LogP contribution < -0.4 is 10.5 Å². The molecule has 6 nitrogen and oxygen atoms in total. The van der Waals surface area contributed by atoms with Crippen LogP contribution in [0.25, 0.3) is 0 Å². The van der Waals surface area contributed by atoms with Gasteiger partial charge < -0.3 is 20.4 Å². The van der Waals surface area contributed by atoms with E-state index >= 15 is 0 Å². The van der Waals surface area contributed by atoms with E-state index in [1.807, 2.05) is 13.8 Å². The van der Waals surface area contributed by atoms with Gasteiger partial charge in [-0.15, -0.1) is 0 Å². The van der Waals surface area contributed by atoms with Crippen molar-refractivity contribution in [2.75, 3.05) is 13.2 Å². The van der Waals surface area contributed by atoms with Crippen molar-refractivity contribution in [2.45, 2.75) is 20.0 Å². The van der Waals surface area contributed by atoms with Gasteiger partial charge in [-0.05, 0) is 19.9 Å². The maximum atomic E-state index is 8.49. The number of aromatic nitrogens is 1. The van der Waals surface area contributed by atoms with Gasteiger partial charge in [-0.3, -0.25) is 0 Å². The molecule has 17 heavy (non-hydrogen) atoms. The summed E-state index contributed by atoms with van der Waals surface area (Å²) in [5.74, 6) is 0.498. The number of amidine groups is 1. The first-order valence-electron chi connectivity index (χ1n) is 5.35. The Morgan fingerprint density at radius 3 is 2.88 bits per heavy atom. The van der Waals surface area contributed by atoms with Crippen molar-refractivity contribution in [1.29, 1.82) is 0 Å². The van der Waals surface area contributed by atoms with Gasteiger partial charge in [0.05, 0.1) is 6.61 Å². The fourth-order valence-electron chi connectivity index (χ4n) is 1.18. The fraction of sp³-hybridized carbons (Fsp3) is 0.455. The molecule has 0 aliphatic carbocycles. The van der Waals surface area contributed by atoms with E-state index in [1.54, 1.807) is 12.1 Å². The smallest absolute Gasteiger partial charge is 0.213 e. The highest BCUT2D eigenvalue weighted by Crippen LogP contribution is 2.09. The molecule has 0 saturated heterocycles. The van der Waals surface area contributed by atoms with Crippen molar-refractivity contribution < 1.29 is 14.7 Å². The molecule has 0 radical (unpaired) electrons. The van der Waals surface area contributed by atoms with Crippen molar-refractivity contribution >= 4 is 5.84 Å². The lowest BCUT2D eigenvalue weighted by atomic mass is 10.3. The second-order valence-electron chi connectivity index (χ2n) is 3.46. The zero-order valence-electron chi connectivity index (χ0n) is 9.96. The summed E-state index contributed by atoms with van der Waals surface area (Å²) < 4.78 is 10.7. The molecule has 1 atom stereocenters. The van der Waals surface area contributed by atoms with Crippen LogP contribution in [0.2, 0.25) is 0 Å². The largest absolute Gasteiger partial charge is 0.472 e.